The molecule has 2 aromatic rings. The van der Waals surface area contributed by atoms with E-state index in [4.69, 9.17) is 4.52 Å². The Morgan fingerprint density at radius 2 is 2.13 bits per heavy atom. The van der Waals surface area contributed by atoms with Crippen LogP contribution >= 0.6 is 0 Å². The summed E-state index contributed by atoms with van der Waals surface area (Å²) in [6, 6.07) is 1.93. The molecule has 0 unspecified atom stereocenters. The molecule has 0 aromatic carbocycles. The van der Waals surface area contributed by atoms with Crippen LogP contribution in [0.5, 0.6) is 0 Å². The summed E-state index contributed by atoms with van der Waals surface area (Å²) in [5.74, 6) is 0.594. The summed E-state index contributed by atoms with van der Waals surface area (Å²) in [5.41, 5.74) is 3.00. The van der Waals surface area contributed by atoms with E-state index in [2.05, 4.69) is 27.4 Å². The lowest BCUT2D eigenvalue weighted by Gasteiger charge is -2.46. The van der Waals surface area contributed by atoms with Crippen molar-refractivity contribution >= 4 is 11.8 Å². The summed E-state index contributed by atoms with van der Waals surface area (Å²) in [4.78, 5) is 27.4. The smallest absolute Gasteiger partial charge is 0.273 e. The lowest BCUT2D eigenvalue weighted by Crippen LogP contribution is -2.56. The van der Waals surface area contributed by atoms with Crippen molar-refractivity contribution in [2.24, 2.45) is 5.41 Å². The predicted octanol–water partition coefficient (Wildman–Crippen LogP) is 3.48. The van der Waals surface area contributed by atoms with Gasteiger partial charge < -0.3 is 14.7 Å². The van der Waals surface area contributed by atoms with Gasteiger partial charge in [0.2, 0.25) is 5.91 Å². The Balaban J connectivity index is 1.47. The fraction of sp³-hybridized carbons (Fsp3) is 0.652. The van der Waals surface area contributed by atoms with Crippen LogP contribution in [0.2, 0.25) is 0 Å². The monoisotopic (exact) mass is 427 g/mol. The first-order valence-electron chi connectivity index (χ1n) is 11.5. The van der Waals surface area contributed by atoms with E-state index in [9.17, 15) is 9.59 Å². The molecule has 4 rings (SSSR count). The van der Waals surface area contributed by atoms with E-state index < -0.39 is 0 Å². The molecule has 8 nitrogen and oxygen atoms in total. The minimum absolute atomic E-state index is 0.0270. The quantitative estimate of drug-likeness (QED) is 0.730. The average Bonchev–Trinajstić information content (AvgIpc) is 3.46. The second-order valence-corrected chi connectivity index (χ2v) is 8.98. The fourth-order valence-electron chi connectivity index (χ4n) is 5.60. The van der Waals surface area contributed by atoms with Crippen LogP contribution in [0.4, 0.5) is 0 Å². The highest BCUT2D eigenvalue weighted by Gasteiger charge is 2.50. The van der Waals surface area contributed by atoms with Gasteiger partial charge in [0.1, 0.15) is 0 Å². The third kappa shape index (κ3) is 3.77. The number of piperidine rings is 1. The third-order valence-corrected chi connectivity index (χ3v) is 7.13. The Morgan fingerprint density at radius 3 is 2.84 bits per heavy atom. The van der Waals surface area contributed by atoms with Crippen LogP contribution in [0.3, 0.4) is 0 Å². The summed E-state index contributed by atoms with van der Waals surface area (Å²) < 4.78 is 7.43. The molecule has 2 fully saturated rings. The molecule has 3 heterocycles. The maximum absolute atomic E-state index is 12.9. The number of carbonyl (C=O) groups is 2. The van der Waals surface area contributed by atoms with Crippen LogP contribution in [0.25, 0.3) is 11.3 Å². The minimum Gasteiger partial charge on any atom is -0.355 e. The summed E-state index contributed by atoms with van der Waals surface area (Å²) in [6.07, 6.45) is 5.54. The first-order chi connectivity index (χ1) is 14.9. The van der Waals surface area contributed by atoms with Gasteiger partial charge in [-0.1, -0.05) is 18.5 Å². The molecule has 1 N–H and O–H groups in total. The van der Waals surface area contributed by atoms with Gasteiger partial charge in [-0.25, -0.2) is 0 Å². The number of aromatic nitrogens is 3. The van der Waals surface area contributed by atoms with Crippen LogP contribution in [-0.2, 0) is 11.3 Å². The molecule has 0 spiro atoms. The first-order valence-corrected chi connectivity index (χ1v) is 11.5. The normalized spacial score (nSPS) is 23.3. The fourth-order valence-corrected chi connectivity index (χ4v) is 5.60. The predicted molar refractivity (Wildman–Crippen MR) is 117 cm³/mol. The summed E-state index contributed by atoms with van der Waals surface area (Å²) in [6.45, 7) is 10.2. The van der Waals surface area contributed by atoms with Crippen LogP contribution in [0.1, 0.15) is 74.2 Å². The van der Waals surface area contributed by atoms with Crippen molar-refractivity contribution in [2.45, 2.75) is 78.8 Å². The molecule has 168 valence electrons. The number of aryl methyl sites for hydroxylation is 2. The van der Waals surface area contributed by atoms with E-state index in [0.29, 0.717) is 18.7 Å². The zero-order valence-corrected chi connectivity index (χ0v) is 19.0. The van der Waals surface area contributed by atoms with Crippen LogP contribution in [-0.4, -0.2) is 50.8 Å². The maximum Gasteiger partial charge on any atom is 0.273 e. The molecule has 2 atom stereocenters. The number of rotatable bonds is 7. The van der Waals surface area contributed by atoms with Crippen molar-refractivity contribution in [3.05, 3.63) is 23.1 Å². The van der Waals surface area contributed by atoms with Gasteiger partial charge in [-0.15, -0.1) is 0 Å². The summed E-state index contributed by atoms with van der Waals surface area (Å²) in [7, 11) is 0. The Bertz CT molecular complexity index is 978. The van der Waals surface area contributed by atoms with Crippen molar-refractivity contribution < 1.29 is 14.1 Å². The molecule has 2 aliphatic rings. The first kappa shape index (κ1) is 21.6. The van der Waals surface area contributed by atoms with Gasteiger partial charge in [-0.2, -0.15) is 5.10 Å². The van der Waals surface area contributed by atoms with Crippen LogP contribution < -0.4 is 5.32 Å². The van der Waals surface area contributed by atoms with E-state index in [1.807, 2.05) is 25.5 Å². The molecule has 1 aliphatic heterocycles. The van der Waals surface area contributed by atoms with E-state index in [1.165, 1.54) is 0 Å². The number of nitrogens with one attached hydrogen (secondary N) is 1. The molecule has 2 aromatic heterocycles. The molecule has 0 bridgehead atoms. The van der Waals surface area contributed by atoms with Crippen LogP contribution in [0.15, 0.2) is 10.6 Å². The molecule has 1 saturated carbocycles. The average molecular weight is 428 g/mol. The number of nitrogens with zero attached hydrogens (tertiary/aromatic N) is 4. The maximum atomic E-state index is 12.9. The highest BCUT2D eigenvalue weighted by molar-refractivity contribution is 5.93. The van der Waals surface area contributed by atoms with E-state index in [0.717, 1.165) is 62.1 Å². The molecule has 31 heavy (non-hydrogen) atoms. The summed E-state index contributed by atoms with van der Waals surface area (Å²) >= 11 is 0. The zero-order valence-electron chi connectivity index (χ0n) is 19.0. The zero-order chi connectivity index (χ0) is 22.2. The Labute approximate surface area is 183 Å². The highest BCUT2D eigenvalue weighted by Crippen LogP contribution is 2.47. The number of likely N-dealkylation sites (tertiary alicyclic amines) is 1. The van der Waals surface area contributed by atoms with Gasteiger partial charge in [-0.05, 0) is 46.5 Å². The van der Waals surface area contributed by atoms with Gasteiger partial charge in [-0.3, -0.25) is 14.3 Å². The second kappa shape index (κ2) is 8.48. The summed E-state index contributed by atoms with van der Waals surface area (Å²) in [5, 5.41) is 11.6. The molecule has 2 amide bonds. The number of hydrogen-bond acceptors (Lipinski definition) is 5. The lowest BCUT2D eigenvalue weighted by molar-refractivity contribution is -0.141. The van der Waals surface area contributed by atoms with Gasteiger partial charge in [0, 0.05) is 49.3 Å². The minimum atomic E-state index is -0.229. The van der Waals surface area contributed by atoms with Gasteiger partial charge in [0.05, 0.1) is 11.3 Å². The number of carbonyl (C=O) groups excluding carboxylic acids is 2. The largest absolute Gasteiger partial charge is 0.355 e. The SMILES string of the molecule is CCCN1C(=O)CC[C@]2(CNC(=O)c3cc(-c4c(C)nn(CC)c4C)on3)CCC[C@@H]12. The van der Waals surface area contributed by atoms with Crippen molar-refractivity contribution in [3.63, 3.8) is 0 Å². The van der Waals surface area contributed by atoms with Crippen molar-refractivity contribution in [2.75, 3.05) is 13.1 Å². The molecule has 1 saturated heterocycles. The Hall–Kier alpha value is -2.64. The number of hydrogen-bond donors (Lipinski definition) is 1. The van der Waals surface area contributed by atoms with Crippen molar-refractivity contribution in [1.82, 2.24) is 25.2 Å². The van der Waals surface area contributed by atoms with E-state index in [-0.39, 0.29) is 29.0 Å². The molecule has 1 aliphatic carbocycles. The Kier molecular flexibility index (Phi) is 5.90. The standard InChI is InChI=1S/C23H33N5O3/c1-5-12-27-19-8-7-10-23(19,11-9-20(27)29)14-24-22(30)17-13-18(31-26-17)21-15(3)25-28(6-2)16(21)4/h13,19H,5-12,14H2,1-4H3,(H,24,30)/t19-,23+/m1/s1. The highest BCUT2D eigenvalue weighted by atomic mass is 16.5. The van der Waals surface area contributed by atoms with Gasteiger partial charge in [0.25, 0.3) is 5.91 Å². The molecule has 8 heteroatoms. The van der Waals surface area contributed by atoms with E-state index in [1.54, 1.807) is 6.07 Å². The molecular weight excluding hydrogens is 394 g/mol. The lowest BCUT2D eigenvalue weighted by atomic mass is 9.74. The van der Waals surface area contributed by atoms with Crippen LogP contribution in [0, 0.1) is 19.3 Å². The second-order valence-electron chi connectivity index (χ2n) is 8.98. The van der Waals surface area contributed by atoms with Crippen molar-refractivity contribution in [1.29, 1.82) is 0 Å². The molecular formula is C23H33N5O3. The van der Waals surface area contributed by atoms with E-state index >= 15 is 0 Å². The van der Waals surface area contributed by atoms with Gasteiger partial charge in [0.15, 0.2) is 11.5 Å². The number of amides is 2. The number of fused-ring (bicyclic) bond motifs is 1. The molecule has 0 radical (unpaired) electrons. The van der Waals surface area contributed by atoms with Crippen molar-refractivity contribution in [3.8, 4) is 11.3 Å². The third-order valence-electron chi connectivity index (χ3n) is 7.13. The Morgan fingerprint density at radius 1 is 1.32 bits per heavy atom. The topological polar surface area (TPSA) is 93.3 Å². The van der Waals surface area contributed by atoms with Gasteiger partial charge >= 0.3 is 0 Å².